The second kappa shape index (κ2) is 10.3. The zero-order valence-electron chi connectivity index (χ0n) is 21.7. The van der Waals surface area contributed by atoms with Gasteiger partial charge in [0.15, 0.2) is 5.58 Å². The number of likely N-dealkylation sites (tertiary alicyclic amines) is 1. The summed E-state index contributed by atoms with van der Waals surface area (Å²) in [7, 11) is 0. The molecule has 5 aromatic rings. The van der Waals surface area contributed by atoms with E-state index in [9.17, 15) is 0 Å². The van der Waals surface area contributed by atoms with Crippen LogP contribution in [-0.2, 0) is 19.5 Å². The number of halogens is 2. The maximum atomic E-state index is 7.08. The molecule has 0 atom stereocenters. The minimum atomic E-state index is 0.478. The predicted molar refractivity (Wildman–Crippen MR) is 161 cm³/mol. The highest BCUT2D eigenvalue weighted by Crippen LogP contribution is 2.42. The first-order chi connectivity index (χ1) is 19.0. The second-order valence-electron chi connectivity index (χ2n) is 10.4. The maximum Gasteiger partial charge on any atom is 0.228 e. The number of benzene rings is 3. The number of thiazole rings is 1. The number of rotatable bonds is 5. The van der Waals surface area contributed by atoms with Gasteiger partial charge in [0.2, 0.25) is 5.89 Å². The molecule has 39 heavy (non-hydrogen) atoms. The van der Waals surface area contributed by atoms with E-state index in [-0.39, 0.29) is 0 Å². The molecule has 0 spiro atoms. The number of hydrogen-bond donors (Lipinski definition) is 1. The van der Waals surface area contributed by atoms with Gasteiger partial charge in [-0.1, -0.05) is 53.5 Å². The molecule has 4 heterocycles. The third-order valence-corrected chi connectivity index (χ3v) is 9.61. The Morgan fingerprint density at radius 3 is 2.56 bits per heavy atom. The number of nitrogens with zero attached hydrogens (tertiary/aromatic N) is 3. The van der Waals surface area contributed by atoms with Crippen molar-refractivity contribution in [2.45, 2.75) is 39.3 Å². The van der Waals surface area contributed by atoms with Crippen LogP contribution in [0.15, 0.2) is 52.9 Å². The Balaban J connectivity index is 1.26. The molecule has 3 aromatic carbocycles. The van der Waals surface area contributed by atoms with Crippen LogP contribution in [0.3, 0.4) is 0 Å². The first kappa shape index (κ1) is 25.2. The normalized spacial score (nSPS) is 15.8. The first-order valence-corrected chi connectivity index (χ1v) is 15.0. The van der Waals surface area contributed by atoms with E-state index < -0.39 is 0 Å². The molecule has 2 aliphatic rings. The highest BCUT2D eigenvalue weighted by Gasteiger charge is 2.21. The van der Waals surface area contributed by atoms with Gasteiger partial charge in [0.25, 0.3) is 0 Å². The lowest BCUT2D eigenvalue weighted by atomic mass is 9.95. The first-order valence-electron chi connectivity index (χ1n) is 13.4. The van der Waals surface area contributed by atoms with Crippen molar-refractivity contribution in [1.82, 2.24) is 20.2 Å². The summed E-state index contributed by atoms with van der Waals surface area (Å²) in [5.41, 5.74) is 8.80. The molecule has 0 bridgehead atoms. The Morgan fingerprint density at radius 2 is 1.74 bits per heavy atom. The van der Waals surface area contributed by atoms with Crippen molar-refractivity contribution in [3.05, 3.63) is 80.3 Å². The molecule has 1 fully saturated rings. The molecule has 1 saturated heterocycles. The maximum absolute atomic E-state index is 7.08. The quantitative estimate of drug-likeness (QED) is 0.229. The van der Waals surface area contributed by atoms with Crippen molar-refractivity contribution < 1.29 is 4.42 Å². The summed E-state index contributed by atoms with van der Waals surface area (Å²) in [6, 6.07) is 16.4. The summed E-state index contributed by atoms with van der Waals surface area (Å²) in [6.45, 7) is 7.16. The molecule has 0 unspecified atom stereocenters. The van der Waals surface area contributed by atoms with E-state index in [0.29, 0.717) is 21.5 Å². The minimum Gasteiger partial charge on any atom is -0.434 e. The number of nitrogens with one attached hydrogen (secondary N) is 1. The van der Waals surface area contributed by atoms with Gasteiger partial charge in [0, 0.05) is 42.1 Å². The summed E-state index contributed by atoms with van der Waals surface area (Å²) in [4.78, 5) is 13.6. The Kier molecular flexibility index (Phi) is 6.69. The van der Waals surface area contributed by atoms with E-state index in [4.69, 9.17) is 37.6 Å². The van der Waals surface area contributed by atoms with Crippen molar-refractivity contribution in [2.75, 3.05) is 19.6 Å². The van der Waals surface area contributed by atoms with Crippen LogP contribution in [0.5, 0.6) is 0 Å². The topological polar surface area (TPSA) is 54.2 Å². The summed E-state index contributed by atoms with van der Waals surface area (Å²) in [5, 5.41) is 5.70. The molecule has 5 nitrogen and oxygen atoms in total. The smallest absolute Gasteiger partial charge is 0.228 e. The summed E-state index contributed by atoms with van der Waals surface area (Å²) in [6.07, 6.45) is 3.49. The molecule has 2 aromatic heterocycles. The number of aromatic nitrogens is 2. The predicted octanol–water partition coefficient (Wildman–Crippen LogP) is 8.14. The van der Waals surface area contributed by atoms with E-state index in [2.05, 4.69) is 47.5 Å². The molecule has 1 N–H and O–H groups in total. The average molecular weight is 576 g/mol. The van der Waals surface area contributed by atoms with Crippen LogP contribution in [0.4, 0.5) is 0 Å². The van der Waals surface area contributed by atoms with Crippen LogP contribution < -0.4 is 5.32 Å². The Bertz CT molecular complexity index is 1680. The van der Waals surface area contributed by atoms with Crippen LogP contribution >= 0.6 is 34.5 Å². The number of oxazole rings is 1. The van der Waals surface area contributed by atoms with E-state index in [1.165, 1.54) is 23.4 Å². The van der Waals surface area contributed by atoms with Gasteiger partial charge in [0.05, 0.1) is 21.3 Å². The van der Waals surface area contributed by atoms with Crippen LogP contribution in [0.25, 0.3) is 44.3 Å². The van der Waals surface area contributed by atoms with E-state index >= 15 is 0 Å². The fourth-order valence-corrected chi connectivity index (χ4v) is 7.50. The molecule has 0 aliphatic carbocycles. The van der Waals surface area contributed by atoms with E-state index in [1.54, 1.807) is 11.3 Å². The van der Waals surface area contributed by atoms with Crippen LogP contribution in [-0.4, -0.2) is 34.5 Å². The largest absolute Gasteiger partial charge is 0.434 e. The van der Waals surface area contributed by atoms with Crippen LogP contribution in [0.2, 0.25) is 10.0 Å². The van der Waals surface area contributed by atoms with Crippen LogP contribution in [0, 0.1) is 6.92 Å². The summed E-state index contributed by atoms with van der Waals surface area (Å²) in [5.74, 6) is 0.478. The minimum absolute atomic E-state index is 0.478. The molecular formula is C31H28Cl2N4OS. The molecule has 0 amide bonds. The van der Waals surface area contributed by atoms with Crippen molar-refractivity contribution >= 4 is 45.6 Å². The molecular weight excluding hydrogens is 547 g/mol. The van der Waals surface area contributed by atoms with Crippen molar-refractivity contribution in [3.8, 4) is 33.2 Å². The fourth-order valence-electron chi connectivity index (χ4n) is 5.76. The van der Waals surface area contributed by atoms with Gasteiger partial charge in [-0.3, -0.25) is 4.90 Å². The fraction of sp³-hybridized carbons (Fsp3) is 0.290. The van der Waals surface area contributed by atoms with Gasteiger partial charge in [-0.05, 0) is 67.7 Å². The lowest BCUT2D eigenvalue weighted by Crippen LogP contribution is -2.22. The van der Waals surface area contributed by atoms with Gasteiger partial charge in [-0.15, -0.1) is 11.3 Å². The summed E-state index contributed by atoms with van der Waals surface area (Å²) < 4.78 is 6.20. The molecule has 0 saturated carbocycles. The number of hydrogen-bond acceptors (Lipinski definition) is 6. The molecule has 0 radical (unpaired) electrons. The van der Waals surface area contributed by atoms with Gasteiger partial charge < -0.3 is 9.73 Å². The zero-order valence-corrected chi connectivity index (χ0v) is 24.0. The lowest BCUT2D eigenvalue weighted by molar-refractivity contribution is 0.331. The van der Waals surface area contributed by atoms with E-state index in [0.717, 1.165) is 83.0 Å². The summed E-state index contributed by atoms with van der Waals surface area (Å²) >= 11 is 15.5. The van der Waals surface area contributed by atoms with Crippen molar-refractivity contribution in [3.63, 3.8) is 0 Å². The lowest BCUT2D eigenvalue weighted by Gasteiger charge is -2.14. The molecule has 8 heteroatoms. The Hall–Kier alpha value is -2.74. The standard InChI is InChI=1S/C31H28Cl2N4OS/c1-18-20(6-4-7-21(18)31-36-25-10-11-34-16-27(25)39-31)22-8-5-9-23(28(22)33)30-35-26-15-19(14-24(32)29(26)38-30)17-37-12-2-3-13-37/h4-9,14-15,34H,2-3,10-13,16-17H2,1H3. The Labute approximate surface area is 241 Å². The Morgan fingerprint density at radius 1 is 0.974 bits per heavy atom. The monoisotopic (exact) mass is 574 g/mol. The SMILES string of the molecule is Cc1c(-c2nc3c(s2)CNCC3)cccc1-c1cccc(-c2nc3cc(CN4CCCC4)cc(Cl)c3o2)c1Cl. The average Bonchev–Trinajstić information content (AvgIpc) is 3.69. The van der Waals surface area contributed by atoms with Gasteiger partial charge >= 0.3 is 0 Å². The van der Waals surface area contributed by atoms with Crippen molar-refractivity contribution in [2.24, 2.45) is 0 Å². The van der Waals surface area contributed by atoms with Gasteiger partial charge in [0.1, 0.15) is 10.5 Å². The van der Waals surface area contributed by atoms with Gasteiger partial charge in [-0.2, -0.15) is 0 Å². The third-order valence-electron chi connectivity index (χ3n) is 7.80. The highest BCUT2D eigenvalue weighted by molar-refractivity contribution is 7.15. The molecule has 198 valence electrons. The van der Waals surface area contributed by atoms with Crippen molar-refractivity contribution in [1.29, 1.82) is 0 Å². The van der Waals surface area contributed by atoms with E-state index in [1.807, 2.05) is 18.2 Å². The molecule has 7 rings (SSSR count). The number of fused-ring (bicyclic) bond motifs is 2. The zero-order chi connectivity index (χ0) is 26.5. The second-order valence-corrected chi connectivity index (χ2v) is 12.3. The molecule has 2 aliphatic heterocycles. The third kappa shape index (κ3) is 4.68. The van der Waals surface area contributed by atoms with Crippen LogP contribution in [0.1, 0.15) is 34.5 Å². The van der Waals surface area contributed by atoms with Gasteiger partial charge in [-0.25, -0.2) is 9.97 Å². The highest BCUT2D eigenvalue weighted by atomic mass is 35.5.